The number of nitrogens with zero attached hydrogens (tertiary/aromatic N) is 3. The summed E-state index contributed by atoms with van der Waals surface area (Å²) in [6, 6.07) is 14.1. The molecule has 2 N–H and O–H groups in total. The van der Waals surface area contributed by atoms with E-state index in [2.05, 4.69) is 27.1 Å². The third kappa shape index (κ3) is 3.22. The highest BCUT2D eigenvalue weighted by Gasteiger charge is 2.05. The number of anilines is 1. The molecule has 0 aliphatic carbocycles. The van der Waals surface area contributed by atoms with Crippen LogP contribution < -0.4 is 10.5 Å². The maximum atomic E-state index is 5.74. The molecule has 0 atom stereocenters. The number of ether oxygens (including phenoxy) is 1. The third-order valence-corrected chi connectivity index (χ3v) is 3.50. The zero-order chi connectivity index (χ0) is 14.7. The first-order valence-electron chi connectivity index (χ1n) is 6.40. The van der Waals surface area contributed by atoms with Gasteiger partial charge in [-0.2, -0.15) is 9.97 Å². The topological polar surface area (TPSA) is 73.9 Å². The fourth-order valence-electron chi connectivity index (χ4n) is 1.98. The lowest BCUT2D eigenvalue weighted by Crippen LogP contribution is -2.07. The lowest BCUT2D eigenvalue weighted by molar-refractivity contribution is 0.294. The molecular formula is C15H14N4OS. The smallest absolute Gasteiger partial charge is 0.224 e. The summed E-state index contributed by atoms with van der Waals surface area (Å²) in [4.78, 5) is 12.4. The van der Waals surface area contributed by atoms with E-state index in [0.29, 0.717) is 11.0 Å². The zero-order valence-corrected chi connectivity index (χ0v) is 12.3. The van der Waals surface area contributed by atoms with Gasteiger partial charge in [0.1, 0.15) is 12.4 Å². The predicted molar refractivity (Wildman–Crippen MR) is 84.3 cm³/mol. The number of fused-ring (bicyclic) bond motifs is 1. The lowest BCUT2D eigenvalue weighted by atomic mass is 10.1. The van der Waals surface area contributed by atoms with Crippen LogP contribution >= 0.6 is 11.8 Å². The molecule has 2 aromatic carbocycles. The summed E-state index contributed by atoms with van der Waals surface area (Å²) < 4.78 is 5.74. The van der Waals surface area contributed by atoms with Gasteiger partial charge < -0.3 is 10.5 Å². The first kappa shape index (κ1) is 13.6. The van der Waals surface area contributed by atoms with Gasteiger partial charge in [0, 0.05) is 0 Å². The summed E-state index contributed by atoms with van der Waals surface area (Å²) >= 11 is 1.42. The largest absolute Gasteiger partial charge is 0.486 e. The minimum absolute atomic E-state index is 0.214. The van der Waals surface area contributed by atoms with E-state index in [1.165, 1.54) is 17.1 Å². The molecule has 6 heteroatoms. The van der Waals surface area contributed by atoms with Gasteiger partial charge in [-0.3, -0.25) is 0 Å². The van der Waals surface area contributed by atoms with Crippen molar-refractivity contribution in [2.75, 3.05) is 12.0 Å². The van der Waals surface area contributed by atoms with Crippen molar-refractivity contribution in [2.45, 2.75) is 11.8 Å². The SMILES string of the molecule is CSc1nc(N)nc(COc2ccc3ccccc3c2)n1. The highest BCUT2D eigenvalue weighted by atomic mass is 32.2. The Morgan fingerprint density at radius 1 is 1.05 bits per heavy atom. The van der Waals surface area contributed by atoms with Crippen LogP contribution in [0.2, 0.25) is 0 Å². The van der Waals surface area contributed by atoms with Crippen LogP contribution in [0.1, 0.15) is 5.82 Å². The number of hydrogen-bond donors (Lipinski definition) is 1. The van der Waals surface area contributed by atoms with Gasteiger partial charge >= 0.3 is 0 Å². The van der Waals surface area contributed by atoms with Crippen molar-refractivity contribution in [1.82, 2.24) is 15.0 Å². The van der Waals surface area contributed by atoms with Crippen LogP contribution in [0.15, 0.2) is 47.6 Å². The van der Waals surface area contributed by atoms with Crippen molar-refractivity contribution in [2.24, 2.45) is 0 Å². The molecule has 0 spiro atoms. The number of rotatable bonds is 4. The van der Waals surface area contributed by atoms with Gasteiger partial charge in [0.2, 0.25) is 5.95 Å². The number of hydrogen-bond acceptors (Lipinski definition) is 6. The molecule has 0 saturated heterocycles. The van der Waals surface area contributed by atoms with Crippen LogP contribution in [-0.2, 0) is 6.61 Å². The zero-order valence-electron chi connectivity index (χ0n) is 11.5. The maximum absolute atomic E-state index is 5.74. The number of thioether (sulfide) groups is 1. The van der Waals surface area contributed by atoms with Gasteiger partial charge in [-0.25, -0.2) is 4.98 Å². The molecule has 21 heavy (non-hydrogen) atoms. The Morgan fingerprint density at radius 2 is 1.86 bits per heavy atom. The molecule has 0 fully saturated rings. The molecule has 1 heterocycles. The molecule has 0 unspecified atom stereocenters. The second-order valence-corrected chi connectivity index (χ2v) is 5.17. The summed E-state index contributed by atoms with van der Waals surface area (Å²) in [5.74, 6) is 1.52. The predicted octanol–water partition coefficient (Wildman–Crippen LogP) is 2.91. The van der Waals surface area contributed by atoms with Crippen LogP contribution in [0.4, 0.5) is 5.95 Å². The van der Waals surface area contributed by atoms with Crippen molar-refractivity contribution < 1.29 is 4.74 Å². The van der Waals surface area contributed by atoms with Crippen LogP contribution in [0.25, 0.3) is 10.8 Å². The summed E-state index contributed by atoms with van der Waals surface area (Å²) in [5, 5.41) is 2.91. The molecule has 0 aliphatic heterocycles. The quantitative estimate of drug-likeness (QED) is 0.747. The molecular weight excluding hydrogens is 284 g/mol. The van der Waals surface area contributed by atoms with E-state index in [4.69, 9.17) is 10.5 Å². The highest BCUT2D eigenvalue weighted by Crippen LogP contribution is 2.21. The molecule has 0 saturated carbocycles. The van der Waals surface area contributed by atoms with Crippen molar-refractivity contribution in [1.29, 1.82) is 0 Å². The summed E-state index contributed by atoms with van der Waals surface area (Å²) in [7, 11) is 0. The van der Waals surface area contributed by atoms with Crippen molar-refractivity contribution in [3.8, 4) is 5.75 Å². The van der Waals surface area contributed by atoms with Gasteiger partial charge in [-0.15, -0.1) is 0 Å². The molecule has 106 valence electrons. The van der Waals surface area contributed by atoms with Gasteiger partial charge in [0.05, 0.1) is 0 Å². The fourth-order valence-corrected chi connectivity index (χ4v) is 2.36. The van der Waals surface area contributed by atoms with Crippen LogP contribution in [0, 0.1) is 0 Å². The van der Waals surface area contributed by atoms with Crippen LogP contribution in [0.5, 0.6) is 5.75 Å². The Morgan fingerprint density at radius 3 is 2.67 bits per heavy atom. The Labute approximate surface area is 126 Å². The van der Waals surface area contributed by atoms with E-state index in [9.17, 15) is 0 Å². The number of nitrogen functional groups attached to an aromatic ring is 1. The van der Waals surface area contributed by atoms with Gasteiger partial charge in [0.15, 0.2) is 11.0 Å². The van der Waals surface area contributed by atoms with Gasteiger partial charge in [0.25, 0.3) is 0 Å². The van der Waals surface area contributed by atoms with E-state index < -0.39 is 0 Å². The second-order valence-electron chi connectivity index (χ2n) is 4.39. The number of benzene rings is 2. The Bertz CT molecular complexity index is 778. The minimum atomic E-state index is 0.214. The Balaban J connectivity index is 1.78. The molecule has 1 aromatic heterocycles. The van der Waals surface area contributed by atoms with Crippen LogP contribution in [-0.4, -0.2) is 21.2 Å². The van der Waals surface area contributed by atoms with Gasteiger partial charge in [-0.1, -0.05) is 42.1 Å². The van der Waals surface area contributed by atoms with Crippen molar-refractivity contribution in [3.63, 3.8) is 0 Å². The van der Waals surface area contributed by atoms with Crippen molar-refractivity contribution in [3.05, 3.63) is 48.3 Å². The molecule has 0 bridgehead atoms. The molecule has 3 rings (SSSR count). The first-order chi connectivity index (χ1) is 10.2. The summed E-state index contributed by atoms with van der Waals surface area (Å²) in [6.07, 6.45) is 1.89. The fraction of sp³-hybridized carbons (Fsp3) is 0.133. The normalized spacial score (nSPS) is 10.7. The second kappa shape index (κ2) is 5.97. The molecule has 0 radical (unpaired) electrons. The molecule has 0 aliphatic rings. The number of nitrogens with two attached hydrogens (primary N) is 1. The Hall–Kier alpha value is -2.34. The monoisotopic (exact) mass is 298 g/mol. The minimum Gasteiger partial charge on any atom is -0.486 e. The molecule has 5 nitrogen and oxygen atoms in total. The van der Waals surface area contributed by atoms with Crippen molar-refractivity contribution >= 4 is 28.5 Å². The lowest BCUT2D eigenvalue weighted by Gasteiger charge is -2.07. The average Bonchev–Trinajstić information content (AvgIpc) is 2.52. The number of aromatic nitrogens is 3. The van der Waals surface area contributed by atoms with E-state index in [0.717, 1.165) is 11.1 Å². The maximum Gasteiger partial charge on any atom is 0.224 e. The van der Waals surface area contributed by atoms with E-state index in [-0.39, 0.29) is 12.6 Å². The highest BCUT2D eigenvalue weighted by molar-refractivity contribution is 7.98. The standard InChI is InChI=1S/C15H14N4OS/c1-21-15-18-13(17-14(16)19-15)9-20-12-7-6-10-4-2-3-5-11(10)8-12/h2-8H,9H2,1H3,(H2,16,17,18,19). The summed E-state index contributed by atoms with van der Waals surface area (Å²) in [5.41, 5.74) is 5.65. The van der Waals surface area contributed by atoms with Gasteiger partial charge in [-0.05, 0) is 29.2 Å². The first-order valence-corrected chi connectivity index (χ1v) is 7.63. The third-order valence-electron chi connectivity index (χ3n) is 2.95. The van der Waals surface area contributed by atoms with E-state index >= 15 is 0 Å². The van der Waals surface area contributed by atoms with Crippen LogP contribution in [0.3, 0.4) is 0 Å². The molecule has 3 aromatic rings. The van der Waals surface area contributed by atoms with E-state index in [1.54, 1.807) is 0 Å². The average molecular weight is 298 g/mol. The molecule has 0 amide bonds. The van der Waals surface area contributed by atoms with E-state index in [1.807, 2.05) is 36.6 Å². The Kier molecular flexibility index (Phi) is 3.87. The summed E-state index contributed by atoms with van der Waals surface area (Å²) in [6.45, 7) is 0.263.